The highest BCUT2D eigenvalue weighted by atomic mass is 16.5. The average molecular weight is 189 g/mol. The molecule has 0 heterocycles. The molecule has 3 heteroatoms. The quantitative estimate of drug-likeness (QED) is 0.681. The number of hydrogen-bond acceptors (Lipinski definition) is 3. The third kappa shape index (κ3) is 1.91. The number of rotatable bonds is 3. The molecule has 14 heavy (non-hydrogen) atoms. The molecule has 0 aromatic heterocycles. The Hall–Kier alpha value is -1.82. The molecule has 0 bridgehead atoms. The minimum Gasteiger partial charge on any atom is -0.496 e. The van der Waals surface area contributed by atoms with E-state index in [0.29, 0.717) is 17.6 Å². The molecule has 0 saturated carbocycles. The second-order valence-electron chi connectivity index (χ2n) is 2.97. The lowest BCUT2D eigenvalue weighted by atomic mass is 10.0. The van der Waals surface area contributed by atoms with Crippen LogP contribution < -0.4 is 4.74 Å². The van der Waals surface area contributed by atoms with Crippen LogP contribution >= 0.6 is 0 Å². The number of carbonyl (C=O) groups is 1. The molecular weight excluding hydrogens is 178 g/mol. The van der Waals surface area contributed by atoms with Crippen molar-refractivity contribution in [2.45, 2.75) is 12.8 Å². The summed E-state index contributed by atoms with van der Waals surface area (Å²) in [5.74, 6) is -0.00546. The van der Waals surface area contributed by atoms with Crippen molar-refractivity contribution in [2.75, 3.05) is 7.11 Å². The molecule has 1 atom stereocenters. The smallest absolute Gasteiger partial charge is 0.141 e. The Kier molecular flexibility index (Phi) is 3.24. The van der Waals surface area contributed by atoms with E-state index < -0.39 is 5.92 Å². The maximum atomic E-state index is 10.6. The van der Waals surface area contributed by atoms with Crippen molar-refractivity contribution >= 4 is 6.29 Å². The Morgan fingerprint density at radius 1 is 1.57 bits per heavy atom. The van der Waals surface area contributed by atoms with Crippen LogP contribution in [0.1, 0.15) is 17.0 Å². The summed E-state index contributed by atoms with van der Waals surface area (Å²) in [5.41, 5.74) is 1.66. The van der Waals surface area contributed by atoms with Gasteiger partial charge in [0, 0.05) is 0 Å². The van der Waals surface area contributed by atoms with Crippen LogP contribution in [0.4, 0.5) is 0 Å². The van der Waals surface area contributed by atoms with Crippen LogP contribution in [0.15, 0.2) is 18.2 Å². The molecule has 1 aromatic rings. The largest absolute Gasteiger partial charge is 0.496 e. The summed E-state index contributed by atoms with van der Waals surface area (Å²) in [7, 11) is 1.56. The lowest BCUT2D eigenvalue weighted by molar-refractivity contribution is -0.108. The van der Waals surface area contributed by atoms with E-state index in [9.17, 15) is 4.79 Å². The molecule has 72 valence electrons. The molecule has 0 N–H and O–H groups in total. The molecule has 3 nitrogen and oxygen atoms in total. The Morgan fingerprint density at radius 3 is 2.79 bits per heavy atom. The molecule has 0 fully saturated rings. The first-order chi connectivity index (χ1) is 6.72. The van der Waals surface area contributed by atoms with Crippen molar-refractivity contribution in [3.63, 3.8) is 0 Å². The second-order valence-corrected chi connectivity index (χ2v) is 2.97. The Morgan fingerprint density at radius 2 is 2.29 bits per heavy atom. The van der Waals surface area contributed by atoms with Crippen molar-refractivity contribution < 1.29 is 9.53 Å². The molecule has 1 unspecified atom stereocenters. The van der Waals surface area contributed by atoms with Gasteiger partial charge in [-0.3, -0.25) is 0 Å². The SMILES string of the molecule is COc1cc(C(C#N)C=O)ccc1C. The van der Waals surface area contributed by atoms with Crippen molar-refractivity contribution in [3.05, 3.63) is 29.3 Å². The summed E-state index contributed by atoms with van der Waals surface area (Å²) in [4.78, 5) is 10.6. The number of carbonyl (C=O) groups excluding carboxylic acids is 1. The van der Waals surface area contributed by atoms with Gasteiger partial charge in [0.25, 0.3) is 0 Å². The average Bonchev–Trinajstić information content (AvgIpc) is 2.22. The van der Waals surface area contributed by atoms with E-state index in [4.69, 9.17) is 10.00 Å². The number of ether oxygens (including phenoxy) is 1. The van der Waals surface area contributed by atoms with Crippen molar-refractivity contribution in [2.24, 2.45) is 0 Å². The summed E-state index contributed by atoms with van der Waals surface area (Å²) < 4.78 is 5.10. The number of benzene rings is 1. The molecular formula is C11H11NO2. The fourth-order valence-corrected chi connectivity index (χ4v) is 1.21. The predicted molar refractivity (Wildman–Crippen MR) is 52.1 cm³/mol. The van der Waals surface area contributed by atoms with E-state index in [-0.39, 0.29) is 0 Å². The van der Waals surface area contributed by atoms with Gasteiger partial charge in [0.1, 0.15) is 18.0 Å². The van der Waals surface area contributed by atoms with Crippen LogP contribution in [0, 0.1) is 18.3 Å². The van der Waals surface area contributed by atoms with Crippen LogP contribution in [-0.2, 0) is 4.79 Å². The Bertz CT molecular complexity index is 379. The van der Waals surface area contributed by atoms with Gasteiger partial charge in [-0.1, -0.05) is 12.1 Å². The van der Waals surface area contributed by atoms with Gasteiger partial charge in [-0.25, -0.2) is 0 Å². The van der Waals surface area contributed by atoms with Crippen LogP contribution in [0.25, 0.3) is 0 Å². The monoisotopic (exact) mass is 189 g/mol. The first-order valence-electron chi connectivity index (χ1n) is 4.22. The second kappa shape index (κ2) is 4.43. The maximum Gasteiger partial charge on any atom is 0.141 e. The van der Waals surface area contributed by atoms with Gasteiger partial charge in [-0.15, -0.1) is 0 Å². The van der Waals surface area contributed by atoms with Gasteiger partial charge < -0.3 is 9.53 Å². The van der Waals surface area contributed by atoms with Crippen LogP contribution in [0.3, 0.4) is 0 Å². The van der Waals surface area contributed by atoms with Crippen LogP contribution in [0.5, 0.6) is 5.75 Å². The van der Waals surface area contributed by atoms with Crippen molar-refractivity contribution in [1.82, 2.24) is 0 Å². The summed E-state index contributed by atoms with van der Waals surface area (Å²) in [5, 5.41) is 8.69. The van der Waals surface area contributed by atoms with E-state index in [1.165, 1.54) is 0 Å². The first kappa shape index (κ1) is 10.3. The molecule has 0 aliphatic rings. The van der Waals surface area contributed by atoms with Crippen LogP contribution in [-0.4, -0.2) is 13.4 Å². The molecule has 0 aliphatic carbocycles. The fraction of sp³-hybridized carbons (Fsp3) is 0.273. The topological polar surface area (TPSA) is 50.1 Å². The molecule has 0 aliphatic heterocycles. The maximum absolute atomic E-state index is 10.6. The zero-order valence-electron chi connectivity index (χ0n) is 8.15. The molecule has 0 amide bonds. The summed E-state index contributed by atoms with van der Waals surface area (Å²) >= 11 is 0. The van der Waals surface area contributed by atoms with Gasteiger partial charge in [0.05, 0.1) is 13.2 Å². The molecule has 1 aromatic carbocycles. The summed E-state index contributed by atoms with van der Waals surface area (Å²) in [6.45, 7) is 1.91. The lowest BCUT2D eigenvalue weighted by Crippen LogP contribution is -1.98. The van der Waals surface area contributed by atoms with E-state index in [0.717, 1.165) is 5.56 Å². The zero-order valence-corrected chi connectivity index (χ0v) is 8.15. The van der Waals surface area contributed by atoms with E-state index in [2.05, 4.69) is 0 Å². The number of aldehydes is 1. The number of nitriles is 1. The van der Waals surface area contributed by atoms with Crippen LogP contribution in [0.2, 0.25) is 0 Å². The Labute approximate surface area is 82.9 Å². The van der Waals surface area contributed by atoms with Gasteiger partial charge in [0.2, 0.25) is 0 Å². The van der Waals surface area contributed by atoms with Gasteiger partial charge in [-0.2, -0.15) is 5.26 Å². The molecule has 0 radical (unpaired) electrons. The lowest BCUT2D eigenvalue weighted by Gasteiger charge is -2.07. The number of nitrogens with zero attached hydrogens (tertiary/aromatic N) is 1. The summed E-state index contributed by atoms with van der Waals surface area (Å²) in [6, 6.07) is 7.23. The van der Waals surface area contributed by atoms with Gasteiger partial charge >= 0.3 is 0 Å². The zero-order chi connectivity index (χ0) is 10.6. The summed E-state index contributed by atoms with van der Waals surface area (Å²) in [6.07, 6.45) is 0.629. The highest BCUT2D eigenvalue weighted by molar-refractivity contribution is 5.67. The first-order valence-corrected chi connectivity index (χ1v) is 4.22. The fourth-order valence-electron chi connectivity index (χ4n) is 1.21. The van der Waals surface area contributed by atoms with E-state index in [1.54, 1.807) is 19.2 Å². The standard InChI is InChI=1S/C11H11NO2/c1-8-3-4-9(5-11(8)14-2)10(6-12)7-13/h3-5,7,10H,1-2H3. The third-order valence-electron chi connectivity index (χ3n) is 2.07. The molecule has 1 rings (SSSR count). The van der Waals surface area contributed by atoms with Crippen molar-refractivity contribution in [3.8, 4) is 11.8 Å². The Balaban J connectivity index is 3.12. The molecule has 0 saturated heterocycles. The number of aryl methyl sites for hydroxylation is 1. The number of methoxy groups -OCH3 is 1. The van der Waals surface area contributed by atoms with E-state index in [1.807, 2.05) is 19.1 Å². The van der Waals surface area contributed by atoms with Gasteiger partial charge in [0.15, 0.2) is 0 Å². The van der Waals surface area contributed by atoms with Crippen molar-refractivity contribution in [1.29, 1.82) is 5.26 Å². The minimum atomic E-state index is -0.704. The van der Waals surface area contributed by atoms with Gasteiger partial charge in [-0.05, 0) is 24.1 Å². The normalized spacial score (nSPS) is 11.5. The number of hydrogen-bond donors (Lipinski definition) is 0. The molecule has 0 spiro atoms. The minimum absolute atomic E-state index is 0.629. The van der Waals surface area contributed by atoms with E-state index >= 15 is 0 Å². The highest BCUT2D eigenvalue weighted by Gasteiger charge is 2.10. The predicted octanol–water partition coefficient (Wildman–Crippen LogP) is 1.81. The highest BCUT2D eigenvalue weighted by Crippen LogP contribution is 2.22. The third-order valence-corrected chi connectivity index (χ3v) is 2.07.